The fourth-order valence-corrected chi connectivity index (χ4v) is 0. The van der Waals surface area contributed by atoms with Gasteiger partial charge < -0.3 is 4.70 Å². The Kier molecular flexibility index (Phi) is 49.5. The smallest absolute Gasteiger partial charge is 1.00 e. The van der Waals surface area contributed by atoms with Crippen LogP contribution >= 0.6 is 40.7 Å². The Morgan fingerprint density at radius 3 is 1.20 bits per heavy atom. The zero-order valence-electron chi connectivity index (χ0n) is 2.44. The Bertz CT molecular complexity index is 9.61. The van der Waals surface area contributed by atoms with Crippen molar-refractivity contribution in [2.24, 2.45) is 0 Å². The minimum atomic E-state index is 0. The molecule has 0 aromatic carbocycles. The van der Waals surface area contributed by atoms with Gasteiger partial charge in [0.2, 0.25) is 0 Å². The molecule has 0 N–H and O–H groups in total. The van der Waals surface area contributed by atoms with Crippen LogP contribution < -0.4 is 56.1 Å². The first-order chi connectivity index (χ1) is 1.41. The fraction of sp³-hybridized carbons (Fsp3) is 0. The Labute approximate surface area is 102 Å². The number of hydrogen-bond acceptors (Lipinski definition) is 0. The van der Waals surface area contributed by atoms with Gasteiger partial charge in [0, 0.05) is 0 Å². The Balaban J connectivity index is -0.0000000200. The minimum absolute atomic E-state index is 0. The Morgan fingerprint density at radius 2 is 1.20 bits per heavy atom. The van der Waals surface area contributed by atoms with Gasteiger partial charge in [-0.2, -0.15) is 0 Å². The fourth-order valence-electron chi connectivity index (χ4n) is 0. The van der Waals surface area contributed by atoms with Crippen molar-refractivity contribution in [3.8, 4) is 0 Å². The molecule has 5 heavy (non-hydrogen) atoms. The van der Waals surface area contributed by atoms with Crippen molar-refractivity contribution in [1.29, 1.82) is 0 Å². The van der Waals surface area contributed by atoms with Crippen LogP contribution in [0.25, 0.3) is 0 Å². The summed E-state index contributed by atoms with van der Waals surface area (Å²) in [4.78, 5) is 0. The topological polar surface area (TPSA) is 0 Å². The van der Waals surface area contributed by atoms with E-state index in [1.54, 1.807) is 8.46 Å². The molecule has 0 heterocycles. The van der Waals surface area contributed by atoms with Crippen LogP contribution in [0.3, 0.4) is 0 Å². The average Bonchev–Trinajstić information content (AvgIpc) is 0.918. The first-order valence-corrected chi connectivity index (χ1v) is 6.30. The molecule has 0 saturated carbocycles. The van der Waals surface area contributed by atoms with Gasteiger partial charge in [-0.15, -0.1) is 0 Å². The predicted molar refractivity (Wildman–Crippen MR) is 28.0 cm³/mol. The summed E-state index contributed by atoms with van der Waals surface area (Å²) in [6.07, 6.45) is 0. The maximum Gasteiger partial charge on any atom is 1.00 e. The van der Waals surface area contributed by atoms with Gasteiger partial charge in [0.15, 0.2) is 0 Å². The molecule has 0 aromatic heterocycles. The molecular formula is CuFI2K. The molecule has 0 aliphatic rings. The summed E-state index contributed by atoms with van der Waals surface area (Å²) in [5, 5.41) is 0. The van der Waals surface area contributed by atoms with Crippen molar-refractivity contribution in [1.82, 2.24) is 0 Å². The zero-order chi connectivity index (χ0) is 2.71. The first kappa shape index (κ1) is 15.8. The molecule has 0 fully saturated rings. The third-order valence-electron chi connectivity index (χ3n) is 0. The van der Waals surface area contributed by atoms with E-state index in [-0.39, 0.29) is 56.1 Å². The monoisotopic (exact) mass is 375 g/mol. The minimum Gasteiger partial charge on any atom is 1.00 e. The van der Waals surface area contributed by atoms with Crippen LogP contribution in [0, 0.1) is 0 Å². The second-order valence-corrected chi connectivity index (χ2v) is 7.99. The summed E-state index contributed by atoms with van der Waals surface area (Å²) in [7, 11) is 1.75. The van der Waals surface area contributed by atoms with E-state index in [0.29, 0.717) is 0 Å². The van der Waals surface area contributed by atoms with Gasteiger partial charge in [-0.25, -0.2) is 0 Å². The second kappa shape index (κ2) is 15.6. The number of rotatable bonds is 0. The maximum atomic E-state index is 2.18. The number of hydrogen-bond donors (Lipinski definition) is 0. The second-order valence-electron chi connectivity index (χ2n) is 0.0431. The van der Waals surface area contributed by atoms with Crippen molar-refractivity contribution in [2.75, 3.05) is 0 Å². The van der Waals surface area contributed by atoms with Gasteiger partial charge in [0.25, 0.3) is 0 Å². The Morgan fingerprint density at radius 1 is 1.20 bits per heavy atom. The van der Waals surface area contributed by atoms with E-state index < -0.39 is 0 Å². The third kappa shape index (κ3) is 18.5. The van der Waals surface area contributed by atoms with E-state index in [4.69, 9.17) is 0 Å². The van der Waals surface area contributed by atoms with Gasteiger partial charge in [0.1, 0.15) is 0 Å². The summed E-state index contributed by atoms with van der Waals surface area (Å²) in [5.74, 6) is 0. The van der Waals surface area contributed by atoms with E-state index in [1.165, 1.54) is 0 Å². The first-order valence-electron chi connectivity index (χ1n) is 0.228. The third-order valence-corrected chi connectivity index (χ3v) is 0. The van der Waals surface area contributed by atoms with Gasteiger partial charge in [-0.05, 0) is 0 Å². The SMILES string of the molecule is [F-].[I][Cu][I].[K+]. The van der Waals surface area contributed by atoms with Crippen LogP contribution in [-0.2, 0) is 8.46 Å². The molecule has 0 rings (SSSR count). The average molecular weight is 375 g/mol. The molecule has 0 unspecified atom stereocenters. The molecule has 0 spiro atoms. The van der Waals surface area contributed by atoms with E-state index in [9.17, 15) is 0 Å². The van der Waals surface area contributed by atoms with Gasteiger partial charge >= 0.3 is 101 Å². The molecule has 0 aliphatic carbocycles. The quantitative estimate of drug-likeness (QED) is 0.298. The number of halogens is 3. The van der Waals surface area contributed by atoms with Crippen molar-refractivity contribution in [3.05, 3.63) is 0 Å². The molecule has 0 saturated heterocycles. The molecule has 0 amide bonds. The van der Waals surface area contributed by atoms with Gasteiger partial charge in [-0.3, -0.25) is 0 Å². The van der Waals surface area contributed by atoms with Gasteiger partial charge in [0.05, 0.1) is 0 Å². The molecule has 0 atom stereocenters. The van der Waals surface area contributed by atoms with Crippen LogP contribution in [0.5, 0.6) is 0 Å². The van der Waals surface area contributed by atoms with Gasteiger partial charge in [-0.1, -0.05) is 0 Å². The molecule has 0 aliphatic heterocycles. The summed E-state index contributed by atoms with van der Waals surface area (Å²) in [6.45, 7) is 0. The largest absolute Gasteiger partial charge is 1.00 e. The van der Waals surface area contributed by atoms with Crippen LogP contribution in [-0.4, -0.2) is 0 Å². The Hall–Kier alpha value is 3.55. The molecule has 0 nitrogen and oxygen atoms in total. The summed E-state index contributed by atoms with van der Waals surface area (Å²) in [6, 6.07) is 0. The van der Waals surface area contributed by atoms with Crippen LogP contribution in [0.4, 0.5) is 0 Å². The molecule has 0 radical (unpaired) electrons. The summed E-state index contributed by atoms with van der Waals surface area (Å²) in [5.41, 5.74) is 0. The van der Waals surface area contributed by atoms with E-state index in [2.05, 4.69) is 40.7 Å². The molecule has 33 valence electrons. The van der Waals surface area contributed by atoms with Crippen molar-refractivity contribution in [2.45, 2.75) is 0 Å². The predicted octanol–water partition coefficient (Wildman–Crippen LogP) is -4.22. The maximum absolute atomic E-state index is 2.18. The molecule has 0 aromatic rings. The molecular weight excluding hydrogens is 375 g/mol. The van der Waals surface area contributed by atoms with Crippen LogP contribution in [0.15, 0.2) is 0 Å². The van der Waals surface area contributed by atoms with E-state index in [0.717, 1.165) is 0 Å². The zero-order valence-corrected chi connectivity index (χ0v) is 10.8. The molecule has 0 bridgehead atoms. The van der Waals surface area contributed by atoms with Crippen molar-refractivity contribution >= 4 is 40.7 Å². The van der Waals surface area contributed by atoms with E-state index >= 15 is 0 Å². The summed E-state index contributed by atoms with van der Waals surface area (Å²) >= 11 is 4.36. The van der Waals surface area contributed by atoms with Crippen molar-refractivity contribution in [3.63, 3.8) is 0 Å². The molecule has 5 heteroatoms. The standard InChI is InChI=1S/Cu.FH.2HI.K/h;3*1H;/q+2;;;;+1/p-3. The van der Waals surface area contributed by atoms with Crippen LogP contribution in [0.1, 0.15) is 0 Å². The van der Waals surface area contributed by atoms with E-state index in [1.807, 2.05) is 0 Å². The van der Waals surface area contributed by atoms with Crippen molar-refractivity contribution < 1.29 is 64.5 Å². The summed E-state index contributed by atoms with van der Waals surface area (Å²) < 4.78 is 0. The van der Waals surface area contributed by atoms with Crippen LogP contribution in [0.2, 0.25) is 0 Å². The normalized spacial score (nSPS) is 4.40.